The molecule has 184 valence electrons. The summed E-state index contributed by atoms with van der Waals surface area (Å²) in [4.78, 5) is 14.4. The number of fused-ring (bicyclic) bond motifs is 1. The van der Waals surface area contributed by atoms with Gasteiger partial charge in [-0.1, -0.05) is 42.8 Å². The van der Waals surface area contributed by atoms with Crippen LogP contribution >= 0.6 is 0 Å². The number of amides is 1. The lowest BCUT2D eigenvalue weighted by Crippen LogP contribution is -2.50. The van der Waals surface area contributed by atoms with E-state index in [-0.39, 0.29) is 41.5 Å². The molecule has 2 aromatic rings. The van der Waals surface area contributed by atoms with Gasteiger partial charge in [-0.15, -0.1) is 0 Å². The molecule has 1 aliphatic carbocycles. The molecule has 0 spiro atoms. The molecule has 8 heteroatoms. The van der Waals surface area contributed by atoms with Crippen molar-refractivity contribution < 1.29 is 23.1 Å². The SMILES string of the molecule is Cc1ccc(-c2ccc3c(c2)O[C@H](CN(C)C(=O)C2CC2)[C@H](C)CN([C@H](C)CO)S3(=O)=O)cc1. The van der Waals surface area contributed by atoms with Crippen molar-refractivity contribution in [3.63, 3.8) is 0 Å². The van der Waals surface area contributed by atoms with Crippen molar-refractivity contribution >= 4 is 15.9 Å². The van der Waals surface area contributed by atoms with Crippen molar-refractivity contribution in [1.82, 2.24) is 9.21 Å². The Morgan fingerprint density at radius 3 is 2.44 bits per heavy atom. The summed E-state index contributed by atoms with van der Waals surface area (Å²) in [6.07, 6.45) is 1.45. The molecule has 0 saturated heterocycles. The molecule has 4 rings (SSSR count). The van der Waals surface area contributed by atoms with Gasteiger partial charge in [0.05, 0.1) is 13.2 Å². The maximum atomic E-state index is 13.6. The molecule has 1 saturated carbocycles. The number of aliphatic hydroxyl groups is 1. The molecule has 0 unspecified atom stereocenters. The first-order valence-electron chi connectivity index (χ1n) is 11.9. The second-order valence-electron chi connectivity index (χ2n) is 9.76. The number of benzene rings is 2. The summed E-state index contributed by atoms with van der Waals surface area (Å²) in [6, 6.07) is 12.6. The minimum absolute atomic E-state index is 0.0803. The fourth-order valence-electron chi connectivity index (χ4n) is 4.37. The summed E-state index contributed by atoms with van der Waals surface area (Å²) < 4.78 is 35.0. The van der Waals surface area contributed by atoms with Gasteiger partial charge in [-0.05, 0) is 49.9 Å². The molecule has 2 aliphatic rings. The van der Waals surface area contributed by atoms with Crippen molar-refractivity contribution in [1.29, 1.82) is 0 Å². The van der Waals surface area contributed by atoms with E-state index in [1.165, 1.54) is 4.31 Å². The summed E-state index contributed by atoms with van der Waals surface area (Å²) in [7, 11) is -2.11. The van der Waals surface area contributed by atoms with Gasteiger partial charge >= 0.3 is 0 Å². The Labute approximate surface area is 202 Å². The highest BCUT2D eigenvalue weighted by molar-refractivity contribution is 7.89. The number of aliphatic hydroxyl groups excluding tert-OH is 1. The number of sulfonamides is 1. The molecule has 1 amide bonds. The van der Waals surface area contributed by atoms with E-state index < -0.39 is 22.2 Å². The summed E-state index contributed by atoms with van der Waals surface area (Å²) in [5.74, 6) is 0.284. The maximum Gasteiger partial charge on any atom is 0.247 e. The highest BCUT2D eigenvalue weighted by atomic mass is 32.2. The first-order valence-corrected chi connectivity index (χ1v) is 13.3. The highest BCUT2D eigenvalue weighted by Crippen LogP contribution is 2.37. The van der Waals surface area contributed by atoms with Crippen molar-refractivity contribution in [3.05, 3.63) is 48.0 Å². The van der Waals surface area contributed by atoms with Crippen LogP contribution in [-0.2, 0) is 14.8 Å². The van der Waals surface area contributed by atoms with Crippen LogP contribution in [0, 0.1) is 18.8 Å². The quantitative estimate of drug-likeness (QED) is 0.677. The van der Waals surface area contributed by atoms with Gasteiger partial charge in [-0.2, -0.15) is 4.31 Å². The van der Waals surface area contributed by atoms with E-state index >= 15 is 0 Å². The molecule has 2 aromatic carbocycles. The summed E-state index contributed by atoms with van der Waals surface area (Å²) in [5, 5.41) is 9.79. The van der Waals surface area contributed by atoms with E-state index in [9.17, 15) is 18.3 Å². The normalized spacial score (nSPS) is 23.2. The number of hydrogen-bond acceptors (Lipinski definition) is 5. The van der Waals surface area contributed by atoms with Crippen LogP contribution < -0.4 is 4.74 Å². The molecule has 0 aromatic heterocycles. The Kier molecular flexibility index (Phi) is 7.03. The summed E-state index contributed by atoms with van der Waals surface area (Å²) >= 11 is 0. The standard InChI is InChI=1S/C26H34N2O5S/c1-17-5-7-20(8-6-17)22-11-12-25-23(13-22)33-24(15-27(4)26(30)21-9-10-21)18(2)14-28(19(3)16-29)34(25,31)32/h5-8,11-13,18-19,21,24,29H,9-10,14-16H2,1-4H3/t18-,19-,24-/m1/s1. The summed E-state index contributed by atoms with van der Waals surface area (Å²) in [5.41, 5.74) is 2.95. The largest absolute Gasteiger partial charge is 0.487 e. The smallest absolute Gasteiger partial charge is 0.247 e. The van der Waals surface area contributed by atoms with Crippen LogP contribution in [0.3, 0.4) is 0 Å². The molecule has 0 bridgehead atoms. The van der Waals surface area contributed by atoms with E-state index in [4.69, 9.17) is 4.74 Å². The third kappa shape index (κ3) is 4.99. The lowest BCUT2D eigenvalue weighted by molar-refractivity contribution is -0.132. The van der Waals surface area contributed by atoms with Gasteiger partial charge in [0.15, 0.2) is 0 Å². The lowest BCUT2D eigenvalue weighted by atomic mass is 10.0. The molecule has 3 atom stereocenters. The van der Waals surface area contributed by atoms with E-state index in [2.05, 4.69) is 0 Å². The molecule has 1 heterocycles. The number of rotatable bonds is 6. The first-order chi connectivity index (χ1) is 16.1. The van der Waals surface area contributed by atoms with Gasteiger partial charge in [0.2, 0.25) is 15.9 Å². The van der Waals surface area contributed by atoms with Crippen molar-refractivity contribution in [3.8, 4) is 16.9 Å². The van der Waals surface area contributed by atoms with E-state index in [1.54, 1.807) is 37.1 Å². The minimum Gasteiger partial charge on any atom is -0.487 e. The lowest BCUT2D eigenvalue weighted by Gasteiger charge is -2.37. The molecular formula is C26H34N2O5S. The molecule has 7 nitrogen and oxygen atoms in total. The fourth-order valence-corrected chi connectivity index (χ4v) is 6.20. The van der Waals surface area contributed by atoms with E-state index in [0.717, 1.165) is 29.5 Å². The zero-order chi connectivity index (χ0) is 24.6. The zero-order valence-corrected chi connectivity index (χ0v) is 21.1. The average molecular weight is 487 g/mol. The first kappa shape index (κ1) is 24.7. The van der Waals surface area contributed by atoms with Gasteiger partial charge in [0.25, 0.3) is 0 Å². The fraction of sp³-hybridized carbons (Fsp3) is 0.500. The van der Waals surface area contributed by atoms with Gasteiger partial charge < -0.3 is 14.7 Å². The zero-order valence-electron chi connectivity index (χ0n) is 20.3. The van der Waals surface area contributed by atoms with Gasteiger partial charge in [-0.3, -0.25) is 4.79 Å². The number of hydrogen-bond donors (Lipinski definition) is 1. The Hall–Kier alpha value is -2.42. The third-order valence-electron chi connectivity index (χ3n) is 6.81. The van der Waals surface area contributed by atoms with Crippen molar-refractivity contribution in [2.45, 2.75) is 50.7 Å². The third-order valence-corrected chi connectivity index (χ3v) is 8.83. The topological polar surface area (TPSA) is 87.2 Å². The number of nitrogens with zero attached hydrogens (tertiary/aromatic N) is 2. The number of carbonyl (C=O) groups is 1. The van der Waals surface area contributed by atoms with Crippen molar-refractivity contribution in [2.75, 3.05) is 26.7 Å². The molecule has 34 heavy (non-hydrogen) atoms. The predicted octanol–water partition coefficient (Wildman–Crippen LogP) is 3.30. The van der Waals surface area contributed by atoms with E-state index in [0.29, 0.717) is 6.54 Å². The van der Waals surface area contributed by atoms with Crippen LogP contribution in [0.25, 0.3) is 11.1 Å². The maximum absolute atomic E-state index is 13.6. The Balaban J connectivity index is 1.76. The number of likely N-dealkylation sites (N-methyl/N-ethyl adjacent to an activating group) is 1. The van der Waals surface area contributed by atoms with Crippen molar-refractivity contribution in [2.24, 2.45) is 11.8 Å². The summed E-state index contributed by atoms with van der Waals surface area (Å²) in [6.45, 7) is 5.93. The van der Waals surface area contributed by atoms with Crippen LogP contribution in [0.2, 0.25) is 0 Å². The number of carbonyl (C=O) groups excluding carboxylic acids is 1. The van der Waals surface area contributed by atoms with Crippen LogP contribution in [-0.4, -0.2) is 67.5 Å². The Morgan fingerprint density at radius 2 is 1.82 bits per heavy atom. The van der Waals surface area contributed by atoms with Gasteiger partial charge in [0.1, 0.15) is 16.7 Å². The predicted molar refractivity (Wildman–Crippen MR) is 131 cm³/mol. The Morgan fingerprint density at radius 1 is 1.18 bits per heavy atom. The molecule has 1 N–H and O–H groups in total. The second kappa shape index (κ2) is 9.68. The van der Waals surface area contributed by atoms with Crippen LogP contribution in [0.1, 0.15) is 32.3 Å². The molecule has 1 aliphatic heterocycles. The minimum atomic E-state index is -3.90. The molecule has 1 fully saturated rings. The Bertz CT molecular complexity index is 1140. The highest BCUT2D eigenvalue weighted by Gasteiger charge is 2.39. The monoisotopic (exact) mass is 486 g/mol. The van der Waals surface area contributed by atoms with Crippen LogP contribution in [0.5, 0.6) is 5.75 Å². The van der Waals surface area contributed by atoms with E-state index in [1.807, 2.05) is 38.1 Å². The molecular weight excluding hydrogens is 452 g/mol. The van der Waals surface area contributed by atoms with Crippen LogP contribution in [0.4, 0.5) is 0 Å². The van der Waals surface area contributed by atoms with Gasteiger partial charge in [0, 0.05) is 31.5 Å². The molecule has 0 radical (unpaired) electrons. The number of aryl methyl sites for hydroxylation is 1. The number of ether oxygens (including phenoxy) is 1. The second-order valence-corrected chi connectivity index (χ2v) is 11.6. The average Bonchev–Trinajstić information content (AvgIpc) is 3.66. The van der Waals surface area contributed by atoms with Gasteiger partial charge in [-0.25, -0.2) is 8.42 Å². The van der Waals surface area contributed by atoms with Crippen LogP contribution in [0.15, 0.2) is 47.4 Å².